The normalized spacial score (nSPS) is 26.8. The highest BCUT2D eigenvalue weighted by atomic mass is 32.2. The lowest BCUT2D eigenvalue weighted by Gasteiger charge is -2.61. The van der Waals surface area contributed by atoms with Crippen LogP contribution in [0.3, 0.4) is 0 Å². The van der Waals surface area contributed by atoms with Crippen molar-refractivity contribution in [2.24, 2.45) is 9.78 Å². The van der Waals surface area contributed by atoms with E-state index in [-0.39, 0.29) is 0 Å². The zero-order chi connectivity index (χ0) is 15.1. The molecule has 2 fully saturated rings. The Morgan fingerprint density at radius 1 is 1.38 bits per heavy atom. The Labute approximate surface area is 127 Å². The summed E-state index contributed by atoms with van der Waals surface area (Å²) in [5.74, 6) is 0. The summed E-state index contributed by atoms with van der Waals surface area (Å²) < 4.78 is 21.7. The van der Waals surface area contributed by atoms with Gasteiger partial charge >= 0.3 is 0 Å². The van der Waals surface area contributed by atoms with Gasteiger partial charge in [0, 0.05) is 46.5 Å². The number of nitrogens with zero attached hydrogens (tertiary/aromatic N) is 1. The molecule has 1 aromatic carbocycles. The van der Waals surface area contributed by atoms with Crippen molar-refractivity contribution < 1.29 is 8.95 Å². The highest BCUT2D eigenvalue weighted by Crippen LogP contribution is 2.57. The maximum atomic E-state index is 11.8. The Hall–Kier alpha value is -1.07. The minimum Gasteiger partial charge on any atom is -0.381 e. The molecular formula is C16H24N2O2S. The maximum Gasteiger partial charge on any atom is 0.0750 e. The van der Waals surface area contributed by atoms with E-state index in [2.05, 4.69) is 15.7 Å². The summed E-state index contributed by atoms with van der Waals surface area (Å²) >= 11 is 0. The van der Waals surface area contributed by atoms with Gasteiger partial charge < -0.3 is 10.1 Å². The second-order valence-corrected chi connectivity index (χ2v) is 9.11. The first-order chi connectivity index (χ1) is 9.93. The fourth-order valence-corrected chi connectivity index (χ4v) is 4.27. The zero-order valence-corrected chi connectivity index (χ0v) is 13.8. The maximum absolute atomic E-state index is 11.8. The molecule has 2 unspecified atom stereocenters. The van der Waals surface area contributed by atoms with Crippen LogP contribution in [0.4, 0.5) is 11.4 Å². The van der Waals surface area contributed by atoms with Crippen LogP contribution in [-0.2, 0) is 14.5 Å². The van der Waals surface area contributed by atoms with E-state index in [1.165, 1.54) is 19.3 Å². The van der Waals surface area contributed by atoms with Gasteiger partial charge in [0.15, 0.2) is 0 Å². The van der Waals surface area contributed by atoms with Gasteiger partial charge in [-0.1, -0.05) is 12.5 Å². The molecule has 0 bridgehead atoms. The lowest BCUT2D eigenvalue weighted by molar-refractivity contribution is -0.145. The van der Waals surface area contributed by atoms with E-state index in [9.17, 15) is 4.21 Å². The van der Waals surface area contributed by atoms with Crippen LogP contribution in [-0.4, -0.2) is 36.0 Å². The van der Waals surface area contributed by atoms with E-state index in [1.54, 1.807) is 12.5 Å². The molecule has 0 radical (unpaired) electrons. The van der Waals surface area contributed by atoms with Crippen LogP contribution >= 0.6 is 0 Å². The minimum absolute atomic E-state index is 0.338. The fraction of sp³-hybridized carbons (Fsp3) is 0.625. The smallest absolute Gasteiger partial charge is 0.0750 e. The van der Waals surface area contributed by atoms with Crippen molar-refractivity contribution in [1.29, 1.82) is 0 Å². The van der Waals surface area contributed by atoms with Gasteiger partial charge in [0.1, 0.15) is 0 Å². The molecule has 2 atom stereocenters. The van der Waals surface area contributed by atoms with Gasteiger partial charge in [0.05, 0.1) is 11.8 Å². The van der Waals surface area contributed by atoms with Crippen molar-refractivity contribution in [3.63, 3.8) is 0 Å². The number of nitrogens with one attached hydrogen (secondary N) is 1. The largest absolute Gasteiger partial charge is 0.381 e. The molecule has 1 N–H and O–H groups in total. The molecule has 0 aliphatic heterocycles. The molecular weight excluding hydrogens is 284 g/mol. The van der Waals surface area contributed by atoms with Crippen molar-refractivity contribution in [2.45, 2.75) is 37.8 Å². The molecule has 5 heteroatoms. The van der Waals surface area contributed by atoms with Crippen molar-refractivity contribution >= 4 is 21.1 Å². The third kappa shape index (κ3) is 2.81. The number of hydrogen-bond donors (Lipinski definition) is 1. The second-order valence-electron chi connectivity index (χ2n) is 6.57. The van der Waals surface area contributed by atoms with Crippen molar-refractivity contribution in [3.8, 4) is 0 Å². The number of hydrogen-bond acceptors (Lipinski definition) is 4. The van der Waals surface area contributed by atoms with Gasteiger partial charge in [0.2, 0.25) is 0 Å². The van der Waals surface area contributed by atoms with Crippen molar-refractivity contribution in [1.82, 2.24) is 0 Å². The van der Waals surface area contributed by atoms with E-state index in [0.717, 1.165) is 17.8 Å². The Kier molecular flexibility index (Phi) is 3.74. The summed E-state index contributed by atoms with van der Waals surface area (Å²) in [6, 6.07) is 8.39. The van der Waals surface area contributed by atoms with Gasteiger partial charge in [-0.15, -0.1) is 0 Å². The fourth-order valence-electron chi connectivity index (χ4n) is 3.64. The number of rotatable bonds is 4. The molecule has 21 heavy (non-hydrogen) atoms. The molecule has 1 spiro atoms. The van der Waals surface area contributed by atoms with Crippen LogP contribution in [0.1, 0.15) is 25.7 Å². The summed E-state index contributed by atoms with van der Waals surface area (Å²) in [7, 11) is -0.297. The predicted octanol–water partition coefficient (Wildman–Crippen LogP) is 3.42. The molecule has 116 valence electrons. The lowest BCUT2D eigenvalue weighted by atomic mass is 9.51. The van der Waals surface area contributed by atoms with E-state index < -0.39 is 9.73 Å². The van der Waals surface area contributed by atoms with Crippen molar-refractivity contribution in [3.05, 3.63) is 24.3 Å². The third-order valence-electron chi connectivity index (χ3n) is 4.87. The van der Waals surface area contributed by atoms with E-state index in [4.69, 9.17) is 4.74 Å². The number of methoxy groups -OCH3 is 1. The van der Waals surface area contributed by atoms with Crippen LogP contribution < -0.4 is 5.32 Å². The molecule has 2 aliphatic carbocycles. The van der Waals surface area contributed by atoms with E-state index in [1.807, 2.05) is 25.3 Å². The molecule has 0 amide bonds. The zero-order valence-electron chi connectivity index (χ0n) is 13.0. The minimum atomic E-state index is -2.12. The molecule has 0 aromatic heterocycles. The molecule has 2 saturated carbocycles. The first-order valence-corrected chi connectivity index (χ1v) is 9.83. The summed E-state index contributed by atoms with van der Waals surface area (Å²) in [4.78, 5) is 0. The topological polar surface area (TPSA) is 50.7 Å². The van der Waals surface area contributed by atoms with Crippen LogP contribution in [0.25, 0.3) is 0 Å². The third-order valence-corrected chi connectivity index (χ3v) is 5.52. The molecule has 1 aromatic rings. The Morgan fingerprint density at radius 2 is 2.14 bits per heavy atom. The highest BCUT2D eigenvalue weighted by molar-refractivity contribution is 7.92. The first kappa shape index (κ1) is 14.9. The van der Waals surface area contributed by atoms with Gasteiger partial charge in [-0.2, -0.15) is 4.36 Å². The molecule has 4 nitrogen and oxygen atoms in total. The first-order valence-electron chi connectivity index (χ1n) is 7.49. The summed E-state index contributed by atoms with van der Waals surface area (Å²) in [6.07, 6.45) is 8.60. The summed E-state index contributed by atoms with van der Waals surface area (Å²) in [5, 5.41) is 3.63. The standard InChI is InChI=1S/C16H24N2O2S/c1-20-15-11-14(16(15)8-5-9-16)17-12-6-4-7-13(10-12)18-21(2,3)19/h4,6-7,10,14-15,17H,5,8-9,11H2,1-3H3. The second kappa shape index (κ2) is 5.29. The van der Waals surface area contributed by atoms with Crippen molar-refractivity contribution in [2.75, 3.05) is 24.9 Å². The quantitative estimate of drug-likeness (QED) is 0.927. The Balaban J connectivity index is 1.75. The lowest BCUT2D eigenvalue weighted by Crippen LogP contribution is -2.64. The van der Waals surface area contributed by atoms with Gasteiger partial charge in [0.25, 0.3) is 0 Å². The number of anilines is 1. The van der Waals surface area contributed by atoms with Crippen LogP contribution in [0.2, 0.25) is 0 Å². The van der Waals surface area contributed by atoms with Gasteiger partial charge in [-0.05, 0) is 37.5 Å². The molecule has 2 aliphatic rings. The average molecular weight is 308 g/mol. The molecule has 0 heterocycles. The van der Waals surface area contributed by atoms with Crippen LogP contribution in [0.5, 0.6) is 0 Å². The summed E-state index contributed by atoms with van der Waals surface area (Å²) in [6.45, 7) is 0. The highest BCUT2D eigenvalue weighted by Gasteiger charge is 2.58. The monoisotopic (exact) mass is 308 g/mol. The Bertz CT molecular complexity index is 637. The molecule has 3 rings (SSSR count). The Morgan fingerprint density at radius 3 is 2.71 bits per heavy atom. The number of ether oxygens (including phenoxy) is 1. The van der Waals surface area contributed by atoms with E-state index in [0.29, 0.717) is 17.6 Å². The number of benzene rings is 1. The predicted molar refractivity (Wildman–Crippen MR) is 87.6 cm³/mol. The van der Waals surface area contributed by atoms with Gasteiger partial charge in [-0.25, -0.2) is 4.21 Å². The SMILES string of the molecule is COC1CC(Nc2cccc(N=S(C)(C)=O)c2)C12CCC2. The average Bonchev–Trinajstić information content (AvgIpc) is 2.30. The van der Waals surface area contributed by atoms with Gasteiger partial charge in [-0.3, -0.25) is 0 Å². The van der Waals surface area contributed by atoms with Crippen LogP contribution in [0.15, 0.2) is 28.6 Å². The van der Waals surface area contributed by atoms with E-state index >= 15 is 0 Å². The summed E-state index contributed by atoms with van der Waals surface area (Å²) in [5.41, 5.74) is 2.18. The molecule has 0 saturated heterocycles. The van der Waals surface area contributed by atoms with Crippen LogP contribution in [0, 0.1) is 5.41 Å².